The number of likely N-dealkylation sites (N-methyl/N-ethyl adjacent to an activating group) is 1. The molecule has 4 amide bonds. The number of ether oxygens (including phenoxy) is 2. The van der Waals surface area contributed by atoms with Crippen molar-refractivity contribution in [3.05, 3.63) is 48.5 Å². The van der Waals surface area contributed by atoms with Gasteiger partial charge in [0.2, 0.25) is 5.91 Å². The summed E-state index contributed by atoms with van der Waals surface area (Å²) in [5.74, 6) is -0.675. The van der Waals surface area contributed by atoms with E-state index < -0.39 is 17.9 Å². The van der Waals surface area contributed by atoms with Crippen LogP contribution < -0.4 is 20.3 Å². The summed E-state index contributed by atoms with van der Waals surface area (Å²) in [6.45, 7) is 1.43. The quantitative estimate of drug-likeness (QED) is 0.343. The molecular weight excluding hydrogens is 574 g/mol. The average Bonchev–Trinajstić information content (AvgIpc) is 3.86. The molecule has 11 heteroatoms. The minimum absolute atomic E-state index is 0.0217. The Morgan fingerprint density at radius 3 is 2.18 bits per heavy atom. The third kappa shape index (κ3) is 6.72. The van der Waals surface area contributed by atoms with E-state index in [0.717, 1.165) is 56.5 Å². The van der Waals surface area contributed by atoms with Gasteiger partial charge in [-0.1, -0.05) is 6.42 Å². The summed E-state index contributed by atoms with van der Waals surface area (Å²) in [7, 11) is 3.00. The summed E-state index contributed by atoms with van der Waals surface area (Å²) in [6.07, 6.45) is 9.08. The third-order valence-corrected chi connectivity index (χ3v) is 9.98. The zero-order valence-corrected chi connectivity index (χ0v) is 26.1. The second-order valence-corrected chi connectivity index (χ2v) is 12.7. The lowest BCUT2D eigenvalue weighted by Gasteiger charge is -2.33. The molecule has 2 aromatic carbocycles. The van der Waals surface area contributed by atoms with Gasteiger partial charge in [-0.3, -0.25) is 9.59 Å². The van der Waals surface area contributed by atoms with Crippen molar-refractivity contribution in [2.75, 3.05) is 42.8 Å². The first kappa shape index (κ1) is 30.7. The number of rotatable bonds is 7. The van der Waals surface area contributed by atoms with E-state index in [1.165, 1.54) is 24.9 Å². The minimum atomic E-state index is -0.913. The van der Waals surface area contributed by atoms with E-state index in [1.807, 2.05) is 48.5 Å². The maximum Gasteiger partial charge on any atom is 0.396 e. The predicted octanol–water partition coefficient (Wildman–Crippen LogP) is 4.63. The molecule has 6 rings (SSSR count). The molecule has 2 saturated carbocycles. The van der Waals surface area contributed by atoms with Gasteiger partial charge in [0.15, 0.2) is 0 Å². The number of benzene rings is 2. The van der Waals surface area contributed by atoms with Crippen molar-refractivity contribution in [1.29, 1.82) is 0 Å². The second kappa shape index (κ2) is 13.4. The fraction of sp³-hybridized carbons (Fsp3) is 0.529. The molecule has 2 aliphatic carbocycles. The van der Waals surface area contributed by atoms with Crippen molar-refractivity contribution in [2.24, 2.45) is 5.92 Å². The molecule has 2 aromatic rings. The fourth-order valence-electron chi connectivity index (χ4n) is 7.57. The van der Waals surface area contributed by atoms with Crippen LogP contribution in [-0.2, 0) is 19.1 Å². The van der Waals surface area contributed by atoms with Crippen LogP contribution in [-0.4, -0.2) is 85.1 Å². The number of carbonyl (C=O) groups is 4. The van der Waals surface area contributed by atoms with Crippen LogP contribution in [0.4, 0.5) is 21.9 Å². The molecule has 2 unspecified atom stereocenters. The molecule has 45 heavy (non-hydrogen) atoms. The Labute approximate surface area is 264 Å². The van der Waals surface area contributed by atoms with Crippen LogP contribution >= 0.6 is 0 Å². The smallest absolute Gasteiger partial charge is 0.396 e. The molecule has 2 N–H and O–H groups in total. The molecule has 4 aliphatic rings. The largest absolute Gasteiger partial charge is 0.490 e. The SMILES string of the molecule is COC(=O)C(=O)N1C(C(=O)N(C)C2CCN(c3ccc(NC(=O)Nc4ccc(OC5CCCC5)cc4)cc3)C2)C[C@@H]2CCC[C@@H]21. The molecule has 0 bridgehead atoms. The fourth-order valence-corrected chi connectivity index (χ4v) is 7.57. The van der Waals surface area contributed by atoms with E-state index in [1.54, 1.807) is 11.9 Å². The molecule has 0 radical (unpaired) electrons. The lowest BCUT2D eigenvalue weighted by molar-refractivity contribution is -0.161. The maximum atomic E-state index is 13.7. The van der Waals surface area contributed by atoms with Crippen LogP contribution in [0.1, 0.15) is 57.8 Å². The number of carbonyl (C=O) groups excluding carboxylic acids is 4. The normalized spacial score (nSPS) is 24.3. The van der Waals surface area contributed by atoms with E-state index in [-0.39, 0.29) is 29.9 Å². The highest BCUT2D eigenvalue weighted by molar-refractivity contribution is 6.33. The van der Waals surface area contributed by atoms with Gasteiger partial charge in [-0.15, -0.1) is 0 Å². The van der Waals surface area contributed by atoms with E-state index in [2.05, 4.69) is 15.5 Å². The molecule has 2 saturated heterocycles. The van der Waals surface area contributed by atoms with Crippen LogP contribution in [0.2, 0.25) is 0 Å². The zero-order valence-electron chi connectivity index (χ0n) is 26.1. The molecule has 240 valence electrons. The number of anilines is 3. The maximum absolute atomic E-state index is 13.7. The van der Waals surface area contributed by atoms with E-state index in [4.69, 9.17) is 9.47 Å². The van der Waals surface area contributed by atoms with E-state index >= 15 is 0 Å². The van der Waals surface area contributed by atoms with Gasteiger partial charge in [0.05, 0.1) is 19.3 Å². The van der Waals surface area contributed by atoms with Crippen LogP contribution in [0.5, 0.6) is 5.75 Å². The highest BCUT2D eigenvalue weighted by atomic mass is 16.5. The summed E-state index contributed by atoms with van der Waals surface area (Å²) in [6, 6.07) is 14.0. The van der Waals surface area contributed by atoms with Crippen LogP contribution in [0, 0.1) is 5.92 Å². The van der Waals surface area contributed by atoms with Crippen molar-refractivity contribution in [3.63, 3.8) is 0 Å². The highest BCUT2D eigenvalue weighted by Gasteiger charge is 2.51. The minimum Gasteiger partial charge on any atom is -0.490 e. The van der Waals surface area contributed by atoms with Crippen molar-refractivity contribution < 1.29 is 28.7 Å². The summed E-state index contributed by atoms with van der Waals surface area (Å²) >= 11 is 0. The Hall–Kier alpha value is -4.28. The van der Waals surface area contributed by atoms with Crippen LogP contribution in [0.25, 0.3) is 0 Å². The molecule has 2 heterocycles. The molecule has 0 aromatic heterocycles. The lowest BCUT2D eigenvalue weighted by Crippen LogP contribution is -2.53. The van der Waals surface area contributed by atoms with Gasteiger partial charge < -0.3 is 34.8 Å². The van der Waals surface area contributed by atoms with Gasteiger partial charge in [-0.05, 0) is 106 Å². The van der Waals surface area contributed by atoms with Gasteiger partial charge >= 0.3 is 17.9 Å². The first-order valence-corrected chi connectivity index (χ1v) is 16.2. The molecule has 0 spiro atoms. The van der Waals surface area contributed by atoms with Gasteiger partial charge in [0.1, 0.15) is 11.8 Å². The van der Waals surface area contributed by atoms with Crippen LogP contribution in [0.15, 0.2) is 48.5 Å². The number of urea groups is 1. The average molecular weight is 618 g/mol. The number of amides is 4. The third-order valence-electron chi connectivity index (χ3n) is 9.98. The monoisotopic (exact) mass is 617 g/mol. The summed E-state index contributed by atoms with van der Waals surface area (Å²) < 4.78 is 10.7. The highest BCUT2D eigenvalue weighted by Crippen LogP contribution is 2.42. The topological polar surface area (TPSA) is 121 Å². The first-order valence-electron chi connectivity index (χ1n) is 16.2. The van der Waals surface area contributed by atoms with E-state index in [0.29, 0.717) is 30.4 Å². The molecule has 4 fully saturated rings. The van der Waals surface area contributed by atoms with Gasteiger partial charge in [-0.2, -0.15) is 0 Å². The number of likely N-dealkylation sites (tertiary alicyclic amines) is 1. The summed E-state index contributed by atoms with van der Waals surface area (Å²) in [5.41, 5.74) is 2.35. The number of hydrogen-bond donors (Lipinski definition) is 2. The van der Waals surface area contributed by atoms with E-state index in [9.17, 15) is 19.2 Å². The van der Waals surface area contributed by atoms with Crippen molar-refractivity contribution >= 4 is 40.9 Å². The Morgan fingerprint density at radius 1 is 0.844 bits per heavy atom. The zero-order chi connectivity index (χ0) is 31.5. The Morgan fingerprint density at radius 2 is 1.51 bits per heavy atom. The standard InChI is InChI=1S/C34H43N5O6/c1-37(31(40)30-20-22-6-5-9-29(22)39(30)32(41)33(42)44-2)26-18-19-38(21-26)25-14-10-23(11-15-25)35-34(43)36-24-12-16-28(17-13-24)45-27-7-3-4-8-27/h10-17,22,26-27,29-30H,3-9,18-21H2,1-2H3,(H2,35,36,43)/t22-,26?,29-,30?/m0/s1. The van der Waals surface area contributed by atoms with Gasteiger partial charge in [0, 0.05) is 43.2 Å². The number of methoxy groups -OCH3 is 1. The molecule has 11 nitrogen and oxygen atoms in total. The number of nitrogens with zero attached hydrogens (tertiary/aromatic N) is 3. The molecule has 4 atom stereocenters. The molecule has 2 aliphatic heterocycles. The number of hydrogen-bond acceptors (Lipinski definition) is 7. The van der Waals surface area contributed by atoms with Crippen LogP contribution in [0.3, 0.4) is 0 Å². The molecular formula is C34H43N5O6. The summed E-state index contributed by atoms with van der Waals surface area (Å²) in [4.78, 5) is 56.8. The van der Waals surface area contributed by atoms with Gasteiger partial charge in [-0.25, -0.2) is 9.59 Å². The lowest BCUT2D eigenvalue weighted by atomic mass is 10.0. The predicted molar refractivity (Wildman–Crippen MR) is 170 cm³/mol. The number of fused-ring (bicyclic) bond motifs is 1. The number of esters is 1. The first-order chi connectivity index (χ1) is 21.8. The Balaban J connectivity index is 1.00. The summed E-state index contributed by atoms with van der Waals surface area (Å²) in [5, 5.41) is 5.74. The second-order valence-electron chi connectivity index (χ2n) is 12.7. The van der Waals surface area contributed by atoms with Crippen molar-refractivity contribution in [2.45, 2.75) is 82.0 Å². The number of nitrogens with one attached hydrogen (secondary N) is 2. The van der Waals surface area contributed by atoms with Crippen molar-refractivity contribution in [3.8, 4) is 5.75 Å². The Kier molecular flexibility index (Phi) is 9.14. The van der Waals surface area contributed by atoms with Crippen molar-refractivity contribution in [1.82, 2.24) is 9.80 Å². The van der Waals surface area contributed by atoms with Gasteiger partial charge in [0.25, 0.3) is 0 Å². The Bertz CT molecular complexity index is 1390.